The second-order valence-corrected chi connectivity index (χ2v) is 1.20. The molecule has 1 amide bonds. The van der Waals surface area contributed by atoms with Crippen LogP contribution in [-0.4, -0.2) is 24.6 Å². The van der Waals surface area contributed by atoms with Gasteiger partial charge < -0.3 is 0 Å². The van der Waals surface area contributed by atoms with Gasteiger partial charge >= 0.3 is 6.41 Å². The van der Waals surface area contributed by atoms with E-state index in [4.69, 9.17) is 4.84 Å². The third-order valence-corrected chi connectivity index (χ3v) is 0.674. The molecule has 0 aliphatic heterocycles. The predicted octanol–water partition coefficient (Wildman–Crippen LogP) is 0.327. The standard InChI is InChI=1S/C5H10NO2/c1-3-6(5-7)8-4-2/h3-4H2,1-2H3. The maximum absolute atomic E-state index is 9.80. The summed E-state index contributed by atoms with van der Waals surface area (Å²) in [5.74, 6) is 0. The summed E-state index contributed by atoms with van der Waals surface area (Å²) in [4.78, 5) is 14.6. The molecule has 0 aliphatic carbocycles. The Morgan fingerprint density at radius 1 is 1.62 bits per heavy atom. The van der Waals surface area contributed by atoms with E-state index in [0.29, 0.717) is 13.2 Å². The van der Waals surface area contributed by atoms with Gasteiger partial charge in [-0.2, -0.15) is 0 Å². The molecule has 0 aromatic carbocycles. The third kappa shape index (κ3) is 2.58. The highest BCUT2D eigenvalue weighted by atomic mass is 16.7. The van der Waals surface area contributed by atoms with Gasteiger partial charge in [-0.3, -0.25) is 9.63 Å². The molecule has 8 heavy (non-hydrogen) atoms. The quantitative estimate of drug-likeness (QED) is 0.391. The van der Waals surface area contributed by atoms with Crippen LogP contribution in [0.5, 0.6) is 0 Å². The smallest absolute Gasteiger partial charge is 0.271 e. The van der Waals surface area contributed by atoms with Crippen molar-refractivity contribution in [3.05, 3.63) is 0 Å². The molecule has 1 radical (unpaired) electrons. The molecule has 3 nitrogen and oxygen atoms in total. The van der Waals surface area contributed by atoms with E-state index in [2.05, 4.69) is 0 Å². The average Bonchev–Trinajstić information content (AvgIpc) is 1.83. The summed E-state index contributed by atoms with van der Waals surface area (Å²) in [5, 5.41) is 1.12. The number of carbonyl (C=O) groups excluding carboxylic acids is 1. The molecule has 0 aromatic rings. The molecule has 0 aliphatic rings. The van der Waals surface area contributed by atoms with Crippen LogP contribution in [0.3, 0.4) is 0 Å². The monoisotopic (exact) mass is 116 g/mol. The van der Waals surface area contributed by atoms with Crippen molar-refractivity contribution < 1.29 is 9.63 Å². The van der Waals surface area contributed by atoms with Crippen LogP contribution in [0, 0.1) is 0 Å². The van der Waals surface area contributed by atoms with Crippen molar-refractivity contribution in [1.82, 2.24) is 5.06 Å². The summed E-state index contributed by atoms with van der Waals surface area (Å²) in [6.07, 6.45) is 1.61. The Balaban J connectivity index is 3.21. The molecule has 0 aromatic heterocycles. The minimum Gasteiger partial charge on any atom is -0.271 e. The van der Waals surface area contributed by atoms with Crippen LogP contribution in [0.1, 0.15) is 13.8 Å². The van der Waals surface area contributed by atoms with Crippen LogP contribution in [0.2, 0.25) is 0 Å². The summed E-state index contributed by atoms with van der Waals surface area (Å²) in [5.41, 5.74) is 0. The first kappa shape index (κ1) is 7.43. The van der Waals surface area contributed by atoms with Crippen molar-refractivity contribution in [2.75, 3.05) is 13.2 Å². The van der Waals surface area contributed by atoms with E-state index in [9.17, 15) is 4.79 Å². The summed E-state index contributed by atoms with van der Waals surface area (Å²) in [7, 11) is 0. The van der Waals surface area contributed by atoms with Crippen molar-refractivity contribution in [2.24, 2.45) is 0 Å². The first-order valence-electron chi connectivity index (χ1n) is 2.63. The van der Waals surface area contributed by atoms with Gasteiger partial charge in [0.2, 0.25) is 0 Å². The number of rotatable bonds is 4. The summed E-state index contributed by atoms with van der Waals surface area (Å²) in [6.45, 7) is 4.71. The fourth-order valence-electron chi connectivity index (χ4n) is 0.338. The van der Waals surface area contributed by atoms with Crippen LogP contribution < -0.4 is 0 Å². The lowest BCUT2D eigenvalue weighted by molar-refractivity contribution is -0.0906. The Morgan fingerprint density at radius 2 is 2.25 bits per heavy atom. The Morgan fingerprint density at radius 3 is 2.38 bits per heavy atom. The molecule has 0 atom stereocenters. The van der Waals surface area contributed by atoms with Gasteiger partial charge in [0.05, 0.1) is 6.61 Å². The SMILES string of the molecule is CCON([C]=O)CC. The molecule has 0 heterocycles. The molecule has 47 valence electrons. The van der Waals surface area contributed by atoms with Crippen LogP contribution in [0.25, 0.3) is 0 Å². The highest BCUT2D eigenvalue weighted by Crippen LogP contribution is 1.81. The molecule has 0 unspecified atom stereocenters. The van der Waals surface area contributed by atoms with Crippen LogP contribution in [0.15, 0.2) is 0 Å². The normalized spacial score (nSPS) is 8.75. The molecule has 3 heteroatoms. The Kier molecular flexibility index (Phi) is 4.26. The zero-order valence-corrected chi connectivity index (χ0v) is 5.18. The van der Waals surface area contributed by atoms with Gasteiger partial charge in [-0.05, 0) is 13.8 Å². The second kappa shape index (κ2) is 4.59. The molecular weight excluding hydrogens is 106 g/mol. The lowest BCUT2D eigenvalue weighted by atomic mass is 10.7. The maximum Gasteiger partial charge on any atom is 0.337 e. The number of hydrogen-bond acceptors (Lipinski definition) is 2. The van der Waals surface area contributed by atoms with E-state index in [1.165, 1.54) is 0 Å². The molecule has 0 saturated heterocycles. The Labute approximate surface area is 49.2 Å². The first-order valence-corrected chi connectivity index (χ1v) is 2.63. The van der Waals surface area contributed by atoms with Crippen molar-refractivity contribution in [3.8, 4) is 0 Å². The highest BCUT2D eigenvalue weighted by molar-refractivity contribution is 5.45. The number of hydroxylamine groups is 2. The molecule has 0 saturated carbocycles. The van der Waals surface area contributed by atoms with E-state index < -0.39 is 0 Å². The molecule has 0 spiro atoms. The highest BCUT2D eigenvalue weighted by Gasteiger charge is 1.93. The lowest BCUT2D eigenvalue weighted by Gasteiger charge is -2.09. The van der Waals surface area contributed by atoms with Gasteiger partial charge in [-0.25, -0.2) is 5.06 Å². The van der Waals surface area contributed by atoms with Gasteiger partial charge in [-0.15, -0.1) is 0 Å². The minimum atomic E-state index is 0.517. The van der Waals surface area contributed by atoms with E-state index in [-0.39, 0.29) is 0 Å². The summed E-state index contributed by atoms with van der Waals surface area (Å²) < 4.78 is 0. The summed E-state index contributed by atoms with van der Waals surface area (Å²) >= 11 is 0. The Hall–Kier alpha value is -0.570. The predicted molar refractivity (Wildman–Crippen MR) is 29.7 cm³/mol. The summed E-state index contributed by atoms with van der Waals surface area (Å²) in [6, 6.07) is 0. The molecule has 0 N–H and O–H groups in total. The lowest BCUT2D eigenvalue weighted by Crippen LogP contribution is -2.21. The van der Waals surface area contributed by atoms with E-state index in [0.717, 1.165) is 5.06 Å². The van der Waals surface area contributed by atoms with E-state index in [1.807, 2.05) is 13.8 Å². The largest absolute Gasteiger partial charge is 0.337 e. The average molecular weight is 116 g/mol. The van der Waals surface area contributed by atoms with Crippen LogP contribution in [0.4, 0.5) is 0 Å². The molecule has 0 rings (SSSR count). The number of nitrogens with zero attached hydrogens (tertiary/aromatic N) is 1. The molecule has 0 bridgehead atoms. The zero-order chi connectivity index (χ0) is 6.41. The molecule has 0 fully saturated rings. The second-order valence-electron chi connectivity index (χ2n) is 1.20. The van der Waals surface area contributed by atoms with Gasteiger partial charge in [0.25, 0.3) is 0 Å². The minimum absolute atomic E-state index is 0.517. The third-order valence-electron chi connectivity index (χ3n) is 0.674. The Bertz CT molecular complexity index is 65.4. The van der Waals surface area contributed by atoms with Gasteiger partial charge in [-0.1, -0.05) is 0 Å². The molecular formula is C5H10NO2. The van der Waals surface area contributed by atoms with Crippen LogP contribution in [-0.2, 0) is 9.63 Å². The first-order chi connectivity index (χ1) is 3.85. The van der Waals surface area contributed by atoms with Gasteiger partial charge in [0.15, 0.2) is 0 Å². The van der Waals surface area contributed by atoms with E-state index >= 15 is 0 Å². The fourth-order valence-corrected chi connectivity index (χ4v) is 0.338. The fraction of sp³-hybridized carbons (Fsp3) is 0.800. The number of hydrogen-bond donors (Lipinski definition) is 0. The van der Waals surface area contributed by atoms with Crippen LogP contribution >= 0.6 is 0 Å². The van der Waals surface area contributed by atoms with Gasteiger partial charge in [0.1, 0.15) is 0 Å². The van der Waals surface area contributed by atoms with Crippen molar-refractivity contribution >= 4 is 6.41 Å². The van der Waals surface area contributed by atoms with Crippen molar-refractivity contribution in [1.29, 1.82) is 0 Å². The van der Waals surface area contributed by atoms with Gasteiger partial charge in [0, 0.05) is 6.54 Å². The van der Waals surface area contributed by atoms with Crippen molar-refractivity contribution in [3.63, 3.8) is 0 Å². The topological polar surface area (TPSA) is 29.5 Å². The van der Waals surface area contributed by atoms with Crippen molar-refractivity contribution in [2.45, 2.75) is 13.8 Å². The number of amides is 1. The zero-order valence-electron chi connectivity index (χ0n) is 5.18. The maximum atomic E-state index is 9.80. The van der Waals surface area contributed by atoms with E-state index in [1.54, 1.807) is 6.41 Å².